The van der Waals surface area contributed by atoms with Crippen molar-refractivity contribution in [2.45, 2.75) is 19.9 Å². The molecule has 0 spiro atoms. The Morgan fingerprint density at radius 3 is 2.86 bits per heavy atom. The van der Waals surface area contributed by atoms with Gasteiger partial charge in [0.15, 0.2) is 12.4 Å². The molecule has 2 rings (SSSR count). The van der Waals surface area contributed by atoms with Gasteiger partial charge in [-0.2, -0.15) is 0 Å². The van der Waals surface area contributed by atoms with Crippen molar-refractivity contribution in [1.82, 2.24) is 5.32 Å². The van der Waals surface area contributed by atoms with E-state index in [1.807, 2.05) is 0 Å². The van der Waals surface area contributed by atoms with Crippen LogP contribution in [0.3, 0.4) is 0 Å². The molecule has 0 bridgehead atoms. The second-order valence-electron chi connectivity index (χ2n) is 4.82. The Kier molecular flexibility index (Phi) is 4.77. The van der Waals surface area contributed by atoms with Crippen LogP contribution in [0.25, 0.3) is 0 Å². The van der Waals surface area contributed by atoms with Gasteiger partial charge in [0, 0.05) is 6.07 Å². The number of rotatable bonds is 6. The van der Waals surface area contributed by atoms with E-state index in [1.165, 1.54) is 18.4 Å². The van der Waals surface area contributed by atoms with Crippen molar-refractivity contribution in [3.05, 3.63) is 58.0 Å². The number of aryl methyl sites for hydroxylation is 1. The SMILES string of the molecule is Cc1ccc(OCC(=O)NC(C)c2ccco2)c([N+](=O)[O-])c1. The molecule has 1 amide bonds. The third-order valence-electron chi connectivity index (χ3n) is 3.02. The standard InChI is InChI=1S/C15H16N2O5/c1-10-5-6-14(12(8-10)17(19)20)22-9-15(18)16-11(2)13-4-3-7-21-13/h3-8,11H,9H2,1-2H3,(H,16,18). The Morgan fingerprint density at radius 1 is 1.45 bits per heavy atom. The summed E-state index contributed by atoms with van der Waals surface area (Å²) in [6.45, 7) is 3.20. The van der Waals surface area contributed by atoms with Gasteiger partial charge in [-0.05, 0) is 37.6 Å². The first-order valence-electron chi connectivity index (χ1n) is 6.68. The van der Waals surface area contributed by atoms with Crippen LogP contribution in [0.15, 0.2) is 41.0 Å². The average molecular weight is 304 g/mol. The van der Waals surface area contributed by atoms with E-state index in [2.05, 4.69) is 5.32 Å². The van der Waals surface area contributed by atoms with Crippen LogP contribution in [-0.4, -0.2) is 17.4 Å². The Morgan fingerprint density at radius 2 is 2.23 bits per heavy atom. The number of carbonyl (C=O) groups excluding carboxylic acids is 1. The minimum Gasteiger partial charge on any atom is -0.477 e. The van der Waals surface area contributed by atoms with Crippen molar-refractivity contribution in [1.29, 1.82) is 0 Å². The third kappa shape index (κ3) is 3.85. The summed E-state index contributed by atoms with van der Waals surface area (Å²) in [4.78, 5) is 22.3. The molecule has 1 aromatic heterocycles. The van der Waals surface area contributed by atoms with Crippen molar-refractivity contribution in [3.63, 3.8) is 0 Å². The highest BCUT2D eigenvalue weighted by Gasteiger charge is 2.17. The Balaban J connectivity index is 1.95. The third-order valence-corrected chi connectivity index (χ3v) is 3.02. The molecular formula is C15H16N2O5. The lowest BCUT2D eigenvalue weighted by Crippen LogP contribution is -2.31. The number of ether oxygens (including phenoxy) is 1. The Hall–Kier alpha value is -2.83. The van der Waals surface area contributed by atoms with Gasteiger partial charge in [0.25, 0.3) is 5.91 Å². The summed E-state index contributed by atoms with van der Waals surface area (Å²) in [5.41, 5.74) is 0.585. The molecule has 22 heavy (non-hydrogen) atoms. The van der Waals surface area contributed by atoms with Gasteiger partial charge in [-0.3, -0.25) is 14.9 Å². The van der Waals surface area contributed by atoms with Crippen molar-refractivity contribution in [2.75, 3.05) is 6.61 Å². The molecule has 0 radical (unpaired) electrons. The highest BCUT2D eigenvalue weighted by Crippen LogP contribution is 2.27. The largest absolute Gasteiger partial charge is 0.477 e. The maximum Gasteiger partial charge on any atom is 0.311 e. The Bertz CT molecular complexity index is 667. The first kappa shape index (κ1) is 15.6. The van der Waals surface area contributed by atoms with Crippen LogP contribution in [0, 0.1) is 17.0 Å². The lowest BCUT2D eigenvalue weighted by atomic mass is 10.2. The van der Waals surface area contributed by atoms with Crippen LogP contribution in [0.5, 0.6) is 5.75 Å². The van der Waals surface area contributed by atoms with E-state index in [4.69, 9.17) is 9.15 Å². The molecule has 0 aliphatic carbocycles. The molecule has 1 atom stereocenters. The Labute approximate surface area is 127 Å². The minimum absolute atomic E-state index is 0.0661. The first-order valence-corrected chi connectivity index (χ1v) is 6.68. The fourth-order valence-corrected chi connectivity index (χ4v) is 1.93. The normalized spacial score (nSPS) is 11.7. The van der Waals surface area contributed by atoms with E-state index in [0.29, 0.717) is 5.76 Å². The van der Waals surface area contributed by atoms with E-state index in [1.54, 1.807) is 32.0 Å². The van der Waals surface area contributed by atoms with Gasteiger partial charge in [-0.25, -0.2) is 0 Å². The number of nitro groups is 1. The van der Waals surface area contributed by atoms with Crippen LogP contribution in [0.4, 0.5) is 5.69 Å². The van der Waals surface area contributed by atoms with Crippen LogP contribution >= 0.6 is 0 Å². The number of nitro benzene ring substituents is 1. The van der Waals surface area contributed by atoms with E-state index in [9.17, 15) is 14.9 Å². The molecule has 2 aromatic rings. The second-order valence-corrected chi connectivity index (χ2v) is 4.82. The number of carbonyl (C=O) groups is 1. The van der Waals surface area contributed by atoms with Crippen LogP contribution in [0.2, 0.25) is 0 Å². The minimum atomic E-state index is -0.536. The molecule has 1 heterocycles. The number of benzene rings is 1. The fourth-order valence-electron chi connectivity index (χ4n) is 1.93. The number of nitrogens with zero attached hydrogens (tertiary/aromatic N) is 1. The number of hydrogen-bond acceptors (Lipinski definition) is 5. The fraction of sp³-hybridized carbons (Fsp3) is 0.267. The van der Waals surface area contributed by atoms with Gasteiger partial charge in [0.05, 0.1) is 17.2 Å². The summed E-state index contributed by atoms with van der Waals surface area (Å²) in [6.07, 6.45) is 1.52. The maximum absolute atomic E-state index is 11.8. The summed E-state index contributed by atoms with van der Waals surface area (Å²) in [6, 6.07) is 7.74. The zero-order chi connectivity index (χ0) is 16.1. The predicted octanol–water partition coefficient (Wildman–Crippen LogP) is 2.75. The molecule has 1 aromatic carbocycles. The molecule has 0 saturated heterocycles. The predicted molar refractivity (Wildman–Crippen MR) is 78.6 cm³/mol. The average Bonchev–Trinajstić information content (AvgIpc) is 3.00. The van der Waals surface area contributed by atoms with Crippen molar-refractivity contribution >= 4 is 11.6 Å². The van der Waals surface area contributed by atoms with Crippen molar-refractivity contribution < 1.29 is 18.9 Å². The van der Waals surface area contributed by atoms with Crippen molar-refractivity contribution in [2.24, 2.45) is 0 Å². The van der Waals surface area contributed by atoms with E-state index >= 15 is 0 Å². The molecule has 0 saturated carbocycles. The molecule has 7 heteroatoms. The maximum atomic E-state index is 11.8. The molecule has 116 valence electrons. The summed E-state index contributed by atoms with van der Waals surface area (Å²) in [7, 11) is 0. The van der Waals surface area contributed by atoms with E-state index < -0.39 is 10.8 Å². The molecule has 0 fully saturated rings. The van der Waals surface area contributed by atoms with Gasteiger partial charge in [0.1, 0.15) is 5.76 Å². The number of furan rings is 1. The van der Waals surface area contributed by atoms with E-state index in [-0.39, 0.29) is 24.1 Å². The van der Waals surface area contributed by atoms with E-state index in [0.717, 1.165) is 5.56 Å². The number of nitrogens with one attached hydrogen (secondary N) is 1. The first-order chi connectivity index (χ1) is 10.5. The van der Waals surface area contributed by atoms with Gasteiger partial charge in [-0.1, -0.05) is 6.07 Å². The topological polar surface area (TPSA) is 94.6 Å². The van der Waals surface area contributed by atoms with Crippen LogP contribution in [0.1, 0.15) is 24.3 Å². The second kappa shape index (κ2) is 6.75. The highest BCUT2D eigenvalue weighted by atomic mass is 16.6. The number of hydrogen-bond donors (Lipinski definition) is 1. The molecule has 0 aliphatic heterocycles. The molecule has 1 unspecified atom stereocenters. The van der Waals surface area contributed by atoms with Crippen LogP contribution in [-0.2, 0) is 4.79 Å². The van der Waals surface area contributed by atoms with Crippen molar-refractivity contribution in [3.8, 4) is 5.75 Å². The molecule has 7 nitrogen and oxygen atoms in total. The van der Waals surface area contributed by atoms with Gasteiger partial charge in [-0.15, -0.1) is 0 Å². The summed E-state index contributed by atoms with van der Waals surface area (Å²) >= 11 is 0. The van der Waals surface area contributed by atoms with Gasteiger partial charge >= 0.3 is 5.69 Å². The van der Waals surface area contributed by atoms with Gasteiger partial charge in [0.2, 0.25) is 0 Å². The molecule has 0 aliphatic rings. The molecule has 1 N–H and O–H groups in total. The summed E-state index contributed by atoms with van der Waals surface area (Å²) in [5, 5.41) is 13.6. The monoisotopic (exact) mass is 304 g/mol. The number of amides is 1. The van der Waals surface area contributed by atoms with Gasteiger partial charge < -0.3 is 14.5 Å². The highest BCUT2D eigenvalue weighted by molar-refractivity contribution is 5.78. The smallest absolute Gasteiger partial charge is 0.311 e. The zero-order valence-corrected chi connectivity index (χ0v) is 12.2. The zero-order valence-electron chi connectivity index (χ0n) is 12.2. The lowest BCUT2D eigenvalue weighted by Gasteiger charge is -2.12. The molecular weight excluding hydrogens is 288 g/mol. The summed E-state index contributed by atoms with van der Waals surface area (Å²) in [5.74, 6) is 0.296. The lowest BCUT2D eigenvalue weighted by molar-refractivity contribution is -0.385. The van der Waals surface area contributed by atoms with Crippen LogP contribution < -0.4 is 10.1 Å². The summed E-state index contributed by atoms with van der Waals surface area (Å²) < 4.78 is 10.4. The quantitative estimate of drug-likeness (QED) is 0.654.